The number of halogens is 2. The number of hydrogen-bond acceptors (Lipinski definition) is 3. The highest BCUT2D eigenvalue weighted by Crippen LogP contribution is 2.25. The molecule has 0 aliphatic carbocycles. The highest BCUT2D eigenvalue weighted by Gasteiger charge is 2.09. The third-order valence-electron chi connectivity index (χ3n) is 3.10. The minimum Gasteiger partial charge on any atom is -0.325 e. The predicted octanol–water partition coefficient (Wildman–Crippen LogP) is 3.91. The lowest BCUT2D eigenvalue weighted by Gasteiger charge is -2.08. The fourth-order valence-corrected chi connectivity index (χ4v) is 3.17. The lowest BCUT2D eigenvalue weighted by molar-refractivity contribution is -0.116. The van der Waals surface area contributed by atoms with Crippen molar-refractivity contribution < 1.29 is 13.2 Å². The van der Waals surface area contributed by atoms with Crippen LogP contribution < -0.4 is 10.0 Å². The third-order valence-corrected chi connectivity index (χ3v) is 4.75. The molecule has 0 saturated heterocycles. The zero-order chi connectivity index (χ0) is 18.3. The summed E-state index contributed by atoms with van der Waals surface area (Å²) >= 11 is 11.7. The van der Waals surface area contributed by atoms with Gasteiger partial charge in [-0.2, -0.15) is 0 Å². The summed E-state index contributed by atoms with van der Waals surface area (Å²) in [7, 11) is -3.62. The fourth-order valence-electron chi connectivity index (χ4n) is 1.89. The lowest BCUT2D eigenvalue weighted by Crippen LogP contribution is -2.26. The molecule has 0 spiro atoms. The van der Waals surface area contributed by atoms with E-state index in [0.29, 0.717) is 15.7 Å². The standard InChI is InChI=1S/C17H16Cl2N2O3S/c18-14-6-7-16(15(19)12-14)21-17(22)8-10-20-25(23,24)11-9-13-4-2-1-3-5-13/h1-7,9,11-12,20H,8,10H2,(H,21,22)/b11-9+. The molecule has 25 heavy (non-hydrogen) atoms. The molecule has 5 nitrogen and oxygen atoms in total. The van der Waals surface area contributed by atoms with Crippen LogP contribution in [0.15, 0.2) is 53.9 Å². The highest BCUT2D eigenvalue weighted by atomic mass is 35.5. The Bertz CT molecular complexity index is 869. The number of carbonyl (C=O) groups excluding carboxylic acids is 1. The Morgan fingerprint density at radius 2 is 1.80 bits per heavy atom. The summed E-state index contributed by atoms with van der Waals surface area (Å²) in [6.07, 6.45) is 1.45. The summed E-state index contributed by atoms with van der Waals surface area (Å²) in [4.78, 5) is 11.9. The molecule has 2 N–H and O–H groups in total. The van der Waals surface area contributed by atoms with Gasteiger partial charge in [-0.25, -0.2) is 13.1 Å². The molecule has 0 unspecified atom stereocenters. The van der Waals surface area contributed by atoms with Gasteiger partial charge in [0.1, 0.15) is 0 Å². The minimum atomic E-state index is -3.62. The van der Waals surface area contributed by atoms with Gasteiger partial charge in [-0.1, -0.05) is 53.5 Å². The molecular weight excluding hydrogens is 383 g/mol. The van der Waals surface area contributed by atoms with Gasteiger partial charge in [-0.05, 0) is 29.8 Å². The van der Waals surface area contributed by atoms with Gasteiger partial charge in [0.25, 0.3) is 0 Å². The Labute approximate surface area is 156 Å². The van der Waals surface area contributed by atoms with Gasteiger partial charge in [0.05, 0.1) is 10.7 Å². The molecule has 0 heterocycles. The van der Waals surface area contributed by atoms with Crippen molar-refractivity contribution >= 4 is 50.9 Å². The van der Waals surface area contributed by atoms with Gasteiger partial charge in [0, 0.05) is 23.4 Å². The Morgan fingerprint density at radius 1 is 1.08 bits per heavy atom. The summed E-state index contributed by atoms with van der Waals surface area (Å²) in [5, 5.41) is 4.44. The zero-order valence-electron chi connectivity index (χ0n) is 13.1. The van der Waals surface area contributed by atoms with Crippen LogP contribution in [-0.2, 0) is 14.8 Å². The van der Waals surface area contributed by atoms with Crippen LogP contribution in [0.4, 0.5) is 5.69 Å². The number of carbonyl (C=O) groups is 1. The average molecular weight is 399 g/mol. The van der Waals surface area contributed by atoms with E-state index in [0.717, 1.165) is 11.0 Å². The van der Waals surface area contributed by atoms with E-state index in [4.69, 9.17) is 23.2 Å². The molecule has 0 radical (unpaired) electrons. The highest BCUT2D eigenvalue weighted by molar-refractivity contribution is 7.92. The lowest BCUT2D eigenvalue weighted by atomic mass is 10.2. The predicted molar refractivity (Wildman–Crippen MR) is 102 cm³/mol. The number of rotatable bonds is 7. The van der Waals surface area contributed by atoms with Crippen molar-refractivity contribution in [1.82, 2.24) is 4.72 Å². The Hall–Kier alpha value is -1.86. The minimum absolute atomic E-state index is 0.0293. The number of hydrogen-bond donors (Lipinski definition) is 2. The summed E-state index contributed by atoms with van der Waals surface area (Å²) in [6.45, 7) is -0.0293. The second-order valence-electron chi connectivity index (χ2n) is 5.08. The molecule has 2 rings (SSSR count). The Kier molecular flexibility index (Phi) is 7.01. The van der Waals surface area contributed by atoms with Crippen LogP contribution in [0.2, 0.25) is 10.0 Å². The second kappa shape index (κ2) is 9.01. The van der Waals surface area contributed by atoms with Crippen molar-refractivity contribution in [3.05, 3.63) is 69.5 Å². The van der Waals surface area contributed by atoms with Crippen molar-refractivity contribution in [1.29, 1.82) is 0 Å². The van der Waals surface area contributed by atoms with E-state index in [2.05, 4.69) is 10.0 Å². The number of nitrogens with one attached hydrogen (secondary N) is 2. The molecule has 0 aromatic heterocycles. The monoisotopic (exact) mass is 398 g/mol. The first-order valence-corrected chi connectivity index (χ1v) is 9.64. The van der Waals surface area contributed by atoms with E-state index in [9.17, 15) is 13.2 Å². The van der Waals surface area contributed by atoms with Crippen molar-refractivity contribution in [3.8, 4) is 0 Å². The normalized spacial score (nSPS) is 11.6. The maximum Gasteiger partial charge on any atom is 0.233 e. The van der Waals surface area contributed by atoms with Crippen molar-refractivity contribution in [3.63, 3.8) is 0 Å². The Morgan fingerprint density at radius 3 is 2.48 bits per heavy atom. The van der Waals surface area contributed by atoms with Gasteiger partial charge in [0.2, 0.25) is 15.9 Å². The molecule has 0 aliphatic heterocycles. The molecule has 0 bridgehead atoms. The van der Waals surface area contributed by atoms with E-state index in [1.54, 1.807) is 24.3 Å². The Balaban J connectivity index is 1.82. The van der Waals surface area contributed by atoms with E-state index in [1.165, 1.54) is 12.1 Å². The van der Waals surface area contributed by atoms with Gasteiger partial charge in [-0.3, -0.25) is 4.79 Å². The topological polar surface area (TPSA) is 75.3 Å². The summed E-state index contributed by atoms with van der Waals surface area (Å²) < 4.78 is 26.1. The maximum atomic E-state index is 11.9. The van der Waals surface area contributed by atoms with Crippen molar-refractivity contribution in [2.75, 3.05) is 11.9 Å². The van der Waals surface area contributed by atoms with E-state index >= 15 is 0 Å². The molecule has 8 heteroatoms. The molecule has 0 atom stereocenters. The number of amides is 1. The molecule has 132 valence electrons. The quantitative estimate of drug-likeness (QED) is 0.741. The van der Waals surface area contributed by atoms with Crippen LogP contribution in [0.25, 0.3) is 6.08 Å². The first-order valence-electron chi connectivity index (χ1n) is 7.33. The number of anilines is 1. The largest absolute Gasteiger partial charge is 0.325 e. The van der Waals surface area contributed by atoms with Gasteiger partial charge < -0.3 is 5.32 Å². The zero-order valence-corrected chi connectivity index (χ0v) is 15.4. The SMILES string of the molecule is O=C(CCNS(=O)(=O)/C=C/c1ccccc1)Nc1ccc(Cl)cc1Cl. The molecule has 0 aliphatic rings. The molecule has 2 aromatic carbocycles. The molecule has 2 aromatic rings. The van der Waals surface area contributed by atoms with Crippen molar-refractivity contribution in [2.45, 2.75) is 6.42 Å². The summed E-state index contributed by atoms with van der Waals surface area (Å²) in [5.41, 5.74) is 1.19. The van der Waals surface area contributed by atoms with Crippen LogP contribution >= 0.6 is 23.2 Å². The van der Waals surface area contributed by atoms with Crippen LogP contribution in [0.5, 0.6) is 0 Å². The van der Waals surface area contributed by atoms with E-state index in [1.807, 2.05) is 18.2 Å². The van der Waals surface area contributed by atoms with Crippen LogP contribution in [-0.4, -0.2) is 20.9 Å². The smallest absolute Gasteiger partial charge is 0.233 e. The third kappa shape index (κ3) is 6.88. The first kappa shape index (κ1) is 19.5. The molecule has 1 amide bonds. The molecule has 0 fully saturated rings. The molecule has 0 saturated carbocycles. The number of sulfonamides is 1. The fraction of sp³-hybridized carbons (Fsp3) is 0.118. The summed E-state index contributed by atoms with van der Waals surface area (Å²) in [6, 6.07) is 13.7. The maximum absolute atomic E-state index is 11.9. The average Bonchev–Trinajstić information content (AvgIpc) is 2.56. The van der Waals surface area contributed by atoms with E-state index in [-0.39, 0.29) is 18.9 Å². The van der Waals surface area contributed by atoms with Gasteiger partial charge >= 0.3 is 0 Å². The second-order valence-corrected chi connectivity index (χ2v) is 7.57. The molecular formula is C17H16Cl2N2O3S. The summed E-state index contributed by atoms with van der Waals surface area (Å²) in [5.74, 6) is -0.362. The van der Waals surface area contributed by atoms with E-state index < -0.39 is 10.0 Å². The van der Waals surface area contributed by atoms with Crippen LogP contribution in [0.3, 0.4) is 0 Å². The van der Waals surface area contributed by atoms with Gasteiger partial charge in [0.15, 0.2) is 0 Å². The van der Waals surface area contributed by atoms with Crippen molar-refractivity contribution in [2.24, 2.45) is 0 Å². The number of benzene rings is 2. The van der Waals surface area contributed by atoms with Crippen LogP contribution in [0, 0.1) is 0 Å². The van der Waals surface area contributed by atoms with Gasteiger partial charge in [-0.15, -0.1) is 0 Å². The first-order chi connectivity index (χ1) is 11.9. The van der Waals surface area contributed by atoms with Crippen LogP contribution in [0.1, 0.15) is 12.0 Å².